The van der Waals surface area contributed by atoms with Crippen LogP contribution in [0.15, 0.2) is 120 Å². The van der Waals surface area contributed by atoms with Crippen molar-refractivity contribution in [3.63, 3.8) is 0 Å². The number of aliphatic hydroxyl groups is 12. The molecule has 6 unspecified atom stereocenters. The van der Waals surface area contributed by atoms with E-state index < -0.39 is 216 Å². The first-order chi connectivity index (χ1) is 66.3. The predicted octanol–water partition coefficient (Wildman–Crippen LogP) is 0.969. The van der Waals surface area contributed by atoms with Crippen LogP contribution in [-0.4, -0.2) is 434 Å². The highest BCUT2D eigenvalue weighted by atomic mass is 32.1. The van der Waals surface area contributed by atoms with Crippen molar-refractivity contribution >= 4 is 109 Å². The summed E-state index contributed by atoms with van der Waals surface area (Å²) in [7, 11) is 3.42. The molecular weight excluding hydrogens is 1990 g/mol. The average Bonchev–Trinajstić information content (AvgIpc) is 1.67. The van der Waals surface area contributed by atoms with Gasteiger partial charge in [0, 0.05) is 97.2 Å². The first-order valence-corrected chi connectivity index (χ1v) is 66.7. The summed E-state index contributed by atoms with van der Waals surface area (Å²) < 4.78 is 38.8. The molecule has 24 atom stereocenters. The maximum Gasteiger partial charge on any atom is 0.330 e. The Morgan fingerprint density at radius 1 is 0.371 bits per heavy atom. The Bertz CT molecular complexity index is 5280. The smallest absolute Gasteiger partial charge is 0.330 e. The molecule has 12 heterocycles. The number of hydrogen-bond acceptors (Lipinski definition) is 30. The molecule has 3 aromatic rings. The third-order valence-corrected chi connectivity index (χ3v) is 34.0. The summed E-state index contributed by atoms with van der Waals surface area (Å²) in [5.41, 5.74) is 0.451. The zero-order chi connectivity index (χ0) is 108. The van der Waals surface area contributed by atoms with Gasteiger partial charge in [-0.05, 0) is 207 Å². The second-order valence-electron chi connectivity index (χ2n) is 41.9. The Labute approximate surface area is 844 Å². The van der Waals surface area contributed by atoms with Gasteiger partial charge in [-0.15, -0.1) is 79.1 Å². The van der Waals surface area contributed by atoms with Crippen molar-refractivity contribution in [2.75, 3.05) is 151 Å². The number of aromatic amines is 3. The third-order valence-electron chi connectivity index (χ3n) is 24.8. The van der Waals surface area contributed by atoms with E-state index in [1.165, 1.54) is 38.8 Å². The molecule has 0 radical (unpaired) electrons. The molecule has 48 heteroatoms. The Hall–Kier alpha value is -6.33. The Morgan fingerprint density at radius 2 is 0.671 bits per heavy atom. The number of nitrogens with one attached hydrogen (secondary N) is 10. The molecule has 12 rings (SSSR count). The highest BCUT2D eigenvalue weighted by molar-refractivity contribution is 7.80. The summed E-state index contributed by atoms with van der Waals surface area (Å²) in [4.78, 5) is 105. The highest BCUT2D eigenvalue weighted by Crippen LogP contribution is 2.46. The number of carbonyl (C=O) groups is 2. The molecule has 0 aromatic carbocycles. The van der Waals surface area contributed by atoms with Gasteiger partial charge in [0.15, 0.2) is 11.3 Å². The van der Waals surface area contributed by atoms with E-state index in [4.69, 9.17) is 40.6 Å². The molecular formula is C95H163N15O26P6S. The van der Waals surface area contributed by atoms with E-state index in [1.54, 1.807) is 24.3 Å². The van der Waals surface area contributed by atoms with E-state index in [0.717, 1.165) is 80.4 Å². The summed E-state index contributed by atoms with van der Waals surface area (Å²) in [5.74, 6) is 0. The van der Waals surface area contributed by atoms with Crippen LogP contribution in [0.3, 0.4) is 0 Å². The number of amides is 4. The second-order valence-corrected chi connectivity index (χ2v) is 68.2. The lowest BCUT2D eigenvalue weighted by Crippen LogP contribution is -2.42. The van der Waals surface area contributed by atoms with Crippen LogP contribution < -0.4 is 71.0 Å². The van der Waals surface area contributed by atoms with Gasteiger partial charge in [0.1, 0.15) is 104 Å². The number of aliphatic hydroxyl groups excluding tert-OH is 12. The second kappa shape index (κ2) is 53.9. The third kappa shape index (κ3) is 36.5. The molecule has 41 nitrogen and oxygen atoms in total. The van der Waals surface area contributed by atoms with Gasteiger partial charge in [-0.1, -0.05) is 40.5 Å². The Kier molecular flexibility index (Phi) is 46.6. The van der Waals surface area contributed by atoms with Gasteiger partial charge in [-0.2, -0.15) is 0 Å². The van der Waals surface area contributed by atoms with Crippen molar-refractivity contribution in [2.45, 2.75) is 245 Å². The van der Waals surface area contributed by atoms with E-state index in [1.807, 2.05) is 27.8 Å². The number of H-pyrrole nitrogens is 3. The van der Waals surface area contributed by atoms with Crippen molar-refractivity contribution in [2.24, 2.45) is 0 Å². The van der Waals surface area contributed by atoms with Crippen LogP contribution in [0.25, 0.3) is 0 Å². The minimum Gasteiger partial charge on any atom is -0.388 e. The van der Waals surface area contributed by atoms with E-state index in [0.29, 0.717) is 89.6 Å². The van der Waals surface area contributed by atoms with Crippen LogP contribution in [0.5, 0.6) is 0 Å². The van der Waals surface area contributed by atoms with Crippen molar-refractivity contribution in [1.82, 2.24) is 75.7 Å². The number of ether oxygens (including phenoxy) is 6. The summed E-state index contributed by atoms with van der Waals surface area (Å²) in [6.07, 6.45) is 24.7. The SMILES string of the molecule is C=C1NC(=O)N(C)C=C1C1O[C@H](CCP(=C)(C)C)[C@@H](O)[C@H]1O.C=C1NC(=O)NC=C1C1O[C@H](CCP(=C)(C)C)[C@@H](O)[C@H]1O.C=C1NC(=S)N(C)C=C1C1O[C@H](CCP(=C)(C)C)[C@@H](O)[C@H]1O.C=P(C)(C)CC[C@H]1OC(c2cn(CNCCC)c(=O)[nH]c2=O)[C@H](O)[C@@H]1O.C=P(C)(C)CC[C@H]1OC(c2cn(CNCCC)c(=O)[nH]c2=O)[C@H](O)[C@@H]1O.C=P(C)(C)CC[C@H]1OC(n2cc(CNCCC)c(=O)[nH]c2=O)[C@H](O)[C@@H]1O. The molecule has 810 valence electrons. The van der Waals surface area contributed by atoms with Gasteiger partial charge >= 0.3 is 29.1 Å². The van der Waals surface area contributed by atoms with Crippen molar-refractivity contribution in [3.8, 4) is 0 Å². The largest absolute Gasteiger partial charge is 0.388 e. The number of carbonyl (C=O) groups excluding carboxylic acids is 2. The van der Waals surface area contributed by atoms with E-state index in [2.05, 4.69) is 190 Å². The monoisotopic (exact) mass is 2150 g/mol. The topological polar surface area (TPSA) is 588 Å². The molecule has 143 heavy (non-hydrogen) atoms. The molecule has 0 saturated carbocycles. The fraction of sp³-hybridized carbons (Fsp3) is 0.653. The van der Waals surface area contributed by atoms with Gasteiger partial charge in [-0.3, -0.25) is 53.7 Å². The maximum absolute atomic E-state index is 12.2. The minimum atomic E-state index is -1.29. The zero-order valence-electron chi connectivity index (χ0n) is 85.9. The number of thiocarbonyl (C=S) groups is 1. The number of urea groups is 2. The molecule has 6 saturated heterocycles. The van der Waals surface area contributed by atoms with Crippen LogP contribution in [0, 0.1) is 0 Å². The number of rotatable bonds is 36. The lowest BCUT2D eigenvalue weighted by Gasteiger charge is -2.30. The average molecular weight is 2150 g/mol. The molecule has 0 aliphatic carbocycles. The number of hydrogen-bond donors (Lipinski definition) is 22. The van der Waals surface area contributed by atoms with Crippen LogP contribution in [0.2, 0.25) is 0 Å². The van der Waals surface area contributed by atoms with Crippen LogP contribution in [0.4, 0.5) is 9.59 Å². The standard InChI is InChI=1S/3C17H30N3O5P.C15H25N2O4P.C15H25N2O3PS.C14H23N2O4P/c2*1-5-7-18-10-20-9-11(16(23)19-17(20)24)15-14(22)13(21)12(25-15)6-8-26(2,3)4;1-5-7-18-9-11-10-20(17(24)19-15(11)23)16-14(22)13(21)12(25-16)6-8-26(2,3)4;1-9-10(8-17(2)15(20)16-9)14-13(19)12(18)11(21-14)6-7-22(3,4)5;1-9-10(8-17(2)15(22)16-9)14-13(19)12(18)11(20-14)6-7-21(3,4)5;1-8-9(7-15-14(19)16-8)13-12(18)11(17)10(20-13)5-6-21(2,3)4/h2*9,12-15,18,21-22H,2,5-8,10H2,1,3-4H3,(H,19,23,24);10,12-14,16,18,21-22H,2,5-9H2,1,3-4H3,(H,19,23,24);8,11-14,18-19H,1,3,6-7H2,2,4-5H3,(H,16,20);8,11-14,18-19H,1,3,6-7H2,2,4-5H3,(H,16,22);7,10-13,17-18H,1-2,5-6H2,3-4H3,(H2,15,16,19)/t2*12-,13-,14-,15?;12-,13-,14-,16?;2*11-,12-,13-,14?;10-,11-,12-,13?/m111111/s1. The number of aromatic nitrogens is 6. The van der Waals surface area contributed by atoms with Gasteiger partial charge in [0.05, 0.1) is 61.1 Å². The summed E-state index contributed by atoms with van der Waals surface area (Å²) in [6.45, 7) is 38.3. The summed E-state index contributed by atoms with van der Waals surface area (Å²) in [5, 5.41) is 144. The minimum absolute atomic E-state index is 0.139. The van der Waals surface area contributed by atoms with E-state index in [9.17, 15) is 99.6 Å². The molecule has 0 bridgehead atoms. The predicted molar refractivity (Wildman–Crippen MR) is 585 cm³/mol. The first kappa shape index (κ1) is 124. The van der Waals surface area contributed by atoms with Crippen LogP contribution >= 0.6 is 53.5 Å². The number of nitrogens with zero attached hydrogens (tertiary/aromatic N) is 5. The molecule has 9 aliphatic rings. The lowest BCUT2D eigenvalue weighted by molar-refractivity contribution is -0.0404. The fourth-order valence-electron chi connectivity index (χ4n) is 16.5. The van der Waals surface area contributed by atoms with Gasteiger partial charge in [0.2, 0.25) is 0 Å². The quantitative estimate of drug-likeness (QED) is 0.0219. The van der Waals surface area contributed by atoms with Gasteiger partial charge in [-0.25, -0.2) is 24.0 Å². The van der Waals surface area contributed by atoms with Gasteiger partial charge in [0.25, 0.3) is 16.7 Å². The van der Waals surface area contributed by atoms with Crippen LogP contribution in [-0.2, 0) is 48.3 Å². The molecule has 3 aromatic heterocycles. The summed E-state index contributed by atoms with van der Waals surface area (Å²) >= 11 is 5.14. The van der Waals surface area contributed by atoms with Crippen molar-refractivity contribution in [3.05, 3.63) is 170 Å². The Morgan fingerprint density at radius 3 is 1.02 bits per heavy atom. The van der Waals surface area contributed by atoms with Crippen LogP contribution in [0.1, 0.15) is 114 Å². The van der Waals surface area contributed by atoms with Gasteiger partial charge < -0.3 is 126 Å². The molecule has 0 spiro atoms. The maximum atomic E-state index is 12.2. The first-order valence-electron chi connectivity index (χ1n) is 47.9. The molecule has 4 amide bonds. The lowest BCUT2D eigenvalue weighted by atomic mass is 9.99. The van der Waals surface area contributed by atoms with Crippen molar-refractivity contribution < 1.29 is 99.3 Å². The summed E-state index contributed by atoms with van der Waals surface area (Å²) in [6, 6.07) is -0.668. The molecule has 22 N–H and O–H groups in total. The molecule has 9 aliphatic heterocycles. The van der Waals surface area contributed by atoms with E-state index >= 15 is 0 Å². The van der Waals surface area contributed by atoms with Crippen molar-refractivity contribution in [1.29, 1.82) is 0 Å². The molecule has 6 fully saturated rings. The zero-order valence-corrected chi connectivity index (χ0v) is 92.1. The van der Waals surface area contributed by atoms with E-state index in [-0.39, 0.29) is 42.6 Å². The normalized spacial score (nSPS) is 29.4. The highest BCUT2D eigenvalue weighted by Gasteiger charge is 2.51. The fourth-order valence-corrected chi connectivity index (χ4v) is 22.4. The Balaban J connectivity index is 0.000000233.